The van der Waals surface area contributed by atoms with E-state index in [1.54, 1.807) is 4.90 Å². The molecule has 1 amide bonds. The van der Waals surface area contributed by atoms with Crippen LogP contribution in [0, 0.1) is 0 Å². The lowest BCUT2D eigenvalue weighted by Crippen LogP contribution is -2.39. The molecule has 0 aliphatic carbocycles. The topological polar surface area (TPSA) is 29.5 Å². The summed E-state index contributed by atoms with van der Waals surface area (Å²) in [6.07, 6.45) is 3.22. The van der Waals surface area contributed by atoms with Crippen molar-refractivity contribution in [3.8, 4) is 0 Å². The summed E-state index contributed by atoms with van der Waals surface area (Å²) in [5.74, 6) is 0. The fourth-order valence-electron chi connectivity index (χ4n) is 2.28. The van der Waals surface area contributed by atoms with Crippen LogP contribution in [0.15, 0.2) is 0 Å². The highest BCUT2D eigenvalue weighted by Gasteiger charge is 2.43. The minimum atomic E-state index is -0.674. The third kappa shape index (κ3) is 1.72. The van der Waals surface area contributed by atoms with Crippen molar-refractivity contribution < 1.29 is 10.9 Å². The van der Waals surface area contributed by atoms with Gasteiger partial charge in [-0.1, -0.05) is 0 Å². The number of amides is 1. The third-order valence-corrected chi connectivity index (χ3v) is 2.83. The molecule has 2 heterocycles. The SMILES string of the molecule is [2H]C12CCC(CC1)N2C(=O)OC(C)(C)C. The second kappa shape index (κ2) is 3.14. The van der Waals surface area contributed by atoms with Crippen molar-refractivity contribution in [3.05, 3.63) is 0 Å². The van der Waals surface area contributed by atoms with Crippen molar-refractivity contribution in [2.24, 2.45) is 0 Å². The Morgan fingerprint density at radius 2 is 1.93 bits per heavy atom. The van der Waals surface area contributed by atoms with Crippen LogP contribution in [0.5, 0.6) is 0 Å². The van der Waals surface area contributed by atoms with E-state index in [0.29, 0.717) is 0 Å². The summed E-state index contributed by atoms with van der Waals surface area (Å²) >= 11 is 0. The zero-order valence-electron chi connectivity index (χ0n) is 10.2. The number of hydrogen-bond donors (Lipinski definition) is 0. The molecule has 2 aliphatic heterocycles. The minimum absolute atomic E-state index is 0.248. The highest BCUT2D eigenvalue weighted by atomic mass is 16.6. The molecule has 80 valence electrons. The van der Waals surface area contributed by atoms with Gasteiger partial charge in [-0.25, -0.2) is 4.79 Å². The third-order valence-electron chi connectivity index (χ3n) is 2.83. The van der Waals surface area contributed by atoms with Crippen LogP contribution < -0.4 is 0 Å². The fourth-order valence-corrected chi connectivity index (χ4v) is 2.28. The van der Waals surface area contributed by atoms with Crippen LogP contribution in [0.1, 0.15) is 47.8 Å². The first kappa shape index (κ1) is 8.57. The van der Waals surface area contributed by atoms with Crippen LogP contribution in [-0.4, -0.2) is 28.7 Å². The average Bonchev–Trinajstić information content (AvgIpc) is 2.52. The molecule has 0 radical (unpaired) electrons. The van der Waals surface area contributed by atoms with Crippen LogP contribution in [0.25, 0.3) is 0 Å². The molecule has 14 heavy (non-hydrogen) atoms. The van der Waals surface area contributed by atoms with Gasteiger partial charge in [0.15, 0.2) is 0 Å². The van der Waals surface area contributed by atoms with Crippen LogP contribution >= 0.6 is 0 Å². The lowest BCUT2D eigenvalue weighted by molar-refractivity contribution is 0.0217. The summed E-state index contributed by atoms with van der Waals surface area (Å²) in [6, 6.07) is -0.426. The predicted octanol–water partition coefficient (Wildman–Crippen LogP) is 2.55. The molecule has 2 aliphatic rings. The quantitative estimate of drug-likeness (QED) is 0.598. The van der Waals surface area contributed by atoms with E-state index in [1.807, 2.05) is 20.8 Å². The highest BCUT2D eigenvalue weighted by Crippen LogP contribution is 2.38. The molecule has 0 spiro atoms. The Morgan fingerprint density at radius 3 is 2.29 bits per heavy atom. The second-order valence-electron chi connectivity index (χ2n) is 5.15. The van der Waals surface area contributed by atoms with Gasteiger partial charge in [-0.15, -0.1) is 0 Å². The Hall–Kier alpha value is -0.730. The van der Waals surface area contributed by atoms with Gasteiger partial charge in [0, 0.05) is 12.1 Å². The Bertz CT molecular complexity index is 277. The molecular formula is C11H19NO2. The molecule has 0 aromatic carbocycles. The maximum Gasteiger partial charge on any atom is 0.410 e. The van der Waals surface area contributed by atoms with E-state index in [-0.39, 0.29) is 12.1 Å². The van der Waals surface area contributed by atoms with E-state index in [0.717, 1.165) is 25.7 Å². The first-order chi connectivity index (χ1) is 6.82. The Balaban J connectivity index is 2.09. The van der Waals surface area contributed by atoms with E-state index >= 15 is 0 Å². The largest absolute Gasteiger partial charge is 0.444 e. The predicted molar refractivity (Wildman–Crippen MR) is 54.1 cm³/mol. The van der Waals surface area contributed by atoms with E-state index in [9.17, 15) is 4.79 Å². The summed E-state index contributed by atoms with van der Waals surface area (Å²) in [5.41, 5.74) is -0.463. The molecule has 2 fully saturated rings. The van der Waals surface area contributed by atoms with Crippen LogP contribution in [0.2, 0.25) is 0 Å². The van der Waals surface area contributed by atoms with Gasteiger partial charge >= 0.3 is 6.09 Å². The summed E-state index contributed by atoms with van der Waals surface area (Å²) in [5, 5.41) is 0. The van der Waals surface area contributed by atoms with Gasteiger partial charge in [0.1, 0.15) is 5.60 Å². The van der Waals surface area contributed by atoms with Gasteiger partial charge in [0.25, 0.3) is 0 Å². The Kier molecular flexibility index (Phi) is 1.92. The van der Waals surface area contributed by atoms with Crippen molar-refractivity contribution in [2.45, 2.75) is 64.1 Å². The number of fused-ring (bicyclic) bond motifs is 2. The average molecular weight is 198 g/mol. The zero-order chi connectivity index (χ0) is 11.3. The first-order valence-electron chi connectivity index (χ1n) is 5.84. The molecule has 2 bridgehead atoms. The number of carbonyl (C=O) groups is 1. The Morgan fingerprint density at radius 1 is 1.36 bits per heavy atom. The second-order valence-corrected chi connectivity index (χ2v) is 5.15. The van der Waals surface area contributed by atoms with Crippen LogP contribution in [-0.2, 0) is 4.74 Å². The number of carbonyl (C=O) groups excluding carboxylic acids is 1. The van der Waals surface area contributed by atoms with E-state index in [4.69, 9.17) is 6.11 Å². The first-order valence-corrected chi connectivity index (χ1v) is 5.34. The van der Waals surface area contributed by atoms with Gasteiger partial charge < -0.3 is 9.64 Å². The summed E-state index contributed by atoms with van der Waals surface area (Å²) in [4.78, 5) is 13.6. The van der Waals surface area contributed by atoms with Crippen molar-refractivity contribution in [3.63, 3.8) is 0 Å². The van der Waals surface area contributed by atoms with E-state index < -0.39 is 11.6 Å². The molecule has 2 saturated heterocycles. The zero-order valence-corrected chi connectivity index (χ0v) is 9.17. The standard InChI is InChI=1S/C11H19NO2/c1-11(2,3)14-10(13)12-8-4-5-9(12)7-6-8/h8-9H,4-7H2,1-3H3/i8D. The van der Waals surface area contributed by atoms with Gasteiger partial charge in [-0.05, 0) is 46.5 Å². The monoisotopic (exact) mass is 198 g/mol. The number of hydrogen-bond acceptors (Lipinski definition) is 2. The molecule has 2 rings (SSSR count). The van der Waals surface area contributed by atoms with Gasteiger partial charge in [0.05, 0.1) is 1.37 Å². The van der Waals surface area contributed by atoms with Crippen LogP contribution in [0.3, 0.4) is 0 Å². The van der Waals surface area contributed by atoms with Gasteiger partial charge in [0.2, 0.25) is 0 Å². The molecule has 0 saturated carbocycles. The molecule has 0 aromatic rings. The van der Waals surface area contributed by atoms with Crippen molar-refractivity contribution >= 4 is 6.09 Å². The molecule has 3 nitrogen and oxygen atoms in total. The summed E-state index contributed by atoms with van der Waals surface area (Å²) in [6.45, 7) is 5.58. The molecular weight excluding hydrogens is 178 g/mol. The summed E-state index contributed by atoms with van der Waals surface area (Å²) < 4.78 is 13.5. The number of rotatable bonds is 0. The normalized spacial score (nSPS) is 37.2. The number of nitrogens with zero attached hydrogens (tertiary/aromatic N) is 1. The van der Waals surface area contributed by atoms with Crippen LogP contribution in [0.4, 0.5) is 4.79 Å². The van der Waals surface area contributed by atoms with Crippen molar-refractivity contribution in [1.29, 1.82) is 0 Å². The van der Waals surface area contributed by atoms with Gasteiger partial charge in [-0.2, -0.15) is 0 Å². The minimum Gasteiger partial charge on any atom is -0.444 e. The van der Waals surface area contributed by atoms with E-state index in [1.165, 1.54) is 0 Å². The van der Waals surface area contributed by atoms with Crippen molar-refractivity contribution in [2.75, 3.05) is 0 Å². The Labute approximate surface area is 86.8 Å². The molecule has 3 heteroatoms. The maximum absolute atomic E-state index is 11.9. The molecule has 0 N–H and O–H groups in total. The summed E-state index contributed by atoms with van der Waals surface area (Å²) in [7, 11) is 0. The fraction of sp³-hybridized carbons (Fsp3) is 0.909. The lowest BCUT2D eigenvalue weighted by atomic mass is 10.0. The lowest BCUT2D eigenvalue weighted by Gasteiger charge is -2.27. The van der Waals surface area contributed by atoms with E-state index in [2.05, 4.69) is 0 Å². The van der Waals surface area contributed by atoms with Crippen molar-refractivity contribution in [1.82, 2.24) is 4.90 Å². The molecule has 0 aromatic heterocycles. The number of ether oxygens (including phenoxy) is 1. The smallest absolute Gasteiger partial charge is 0.410 e. The maximum atomic E-state index is 11.9. The highest BCUT2D eigenvalue weighted by molar-refractivity contribution is 5.69. The molecule has 0 atom stereocenters. The van der Waals surface area contributed by atoms with Gasteiger partial charge in [-0.3, -0.25) is 0 Å². The molecule has 0 unspecified atom stereocenters.